The predicted octanol–water partition coefficient (Wildman–Crippen LogP) is 2.65. The molecule has 1 fully saturated rings. The van der Waals surface area contributed by atoms with Crippen molar-refractivity contribution in [1.29, 1.82) is 0 Å². The summed E-state index contributed by atoms with van der Waals surface area (Å²) in [5.41, 5.74) is 2.26. The highest BCUT2D eigenvalue weighted by Crippen LogP contribution is 2.22. The first-order valence-electron chi connectivity index (χ1n) is 6.72. The van der Waals surface area contributed by atoms with Crippen molar-refractivity contribution >= 4 is 16.6 Å². The predicted molar refractivity (Wildman–Crippen MR) is 75.8 cm³/mol. The van der Waals surface area contributed by atoms with Crippen molar-refractivity contribution in [3.8, 4) is 0 Å². The summed E-state index contributed by atoms with van der Waals surface area (Å²) in [5, 5.41) is 8.25. The molecule has 1 aromatic carbocycles. The van der Waals surface area contributed by atoms with Gasteiger partial charge in [-0.3, -0.25) is 4.98 Å². The van der Waals surface area contributed by atoms with Crippen molar-refractivity contribution in [2.75, 3.05) is 25.0 Å². The molecule has 18 heavy (non-hydrogen) atoms. The Balaban J connectivity index is 1.74. The number of nitrogens with one attached hydrogen (secondary N) is 2. The molecule has 2 aromatic rings. The molecule has 0 amide bonds. The summed E-state index contributed by atoms with van der Waals surface area (Å²) in [6, 6.07) is 10.4. The van der Waals surface area contributed by atoms with E-state index in [0.29, 0.717) is 0 Å². The van der Waals surface area contributed by atoms with E-state index in [-0.39, 0.29) is 0 Å². The fraction of sp³-hybridized carbons (Fsp3) is 0.400. The van der Waals surface area contributed by atoms with Gasteiger partial charge in [-0.2, -0.15) is 0 Å². The minimum atomic E-state index is 0.741. The topological polar surface area (TPSA) is 37.0 Å². The molecule has 0 spiro atoms. The average molecular weight is 241 g/mol. The van der Waals surface area contributed by atoms with Gasteiger partial charge in [0.25, 0.3) is 0 Å². The van der Waals surface area contributed by atoms with Gasteiger partial charge in [0.15, 0.2) is 0 Å². The molecular weight excluding hydrogens is 222 g/mol. The first-order valence-corrected chi connectivity index (χ1v) is 6.72. The lowest BCUT2D eigenvalue weighted by molar-refractivity contribution is 0.393. The molecule has 0 radical (unpaired) electrons. The van der Waals surface area contributed by atoms with Gasteiger partial charge < -0.3 is 10.6 Å². The van der Waals surface area contributed by atoms with Gasteiger partial charge in [-0.05, 0) is 56.1 Å². The van der Waals surface area contributed by atoms with E-state index in [0.717, 1.165) is 24.5 Å². The largest absolute Gasteiger partial charge is 0.384 e. The molecule has 1 saturated heterocycles. The molecule has 3 heteroatoms. The third-order valence-electron chi connectivity index (χ3n) is 3.63. The Bertz CT molecular complexity index is 513. The van der Waals surface area contributed by atoms with Crippen molar-refractivity contribution in [3.63, 3.8) is 0 Å². The highest BCUT2D eigenvalue weighted by atomic mass is 14.9. The summed E-state index contributed by atoms with van der Waals surface area (Å²) in [7, 11) is 0. The van der Waals surface area contributed by atoms with Crippen molar-refractivity contribution < 1.29 is 0 Å². The molecule has 1 aliphatic rings. The quantitative estimate of drug-likeness (QED) is 0.867. The Morgan fingerprint density at radius 2 is 2.28 bits per heavy atom. The summed E-state index contributed by atoms with van der Waals surface area (Å²) in [6.45, 7) is 3.35. The molecule has 2 heterocycles. The summed E-state index contributed by atoms with van der Waals surface area (Å²) >= 11 is 0. The van der Waals surface area contributed by atoms with E-state index in [1.807, 2.05) is 12.3 Å². The van der Waals surface area contributed by atoms with Gasteiger partial charge in [-0.15, -0.1) is 0 Å². The van der Waals surface area contributed by atoms with Gasteiger partial charge in [-0.1, -0.05) is 6.07 Å². The molecule has 94 valence electrons. The van der Waals surface area contributed by atoms with Gasteiger partial charge in [-0.25, -0.2) is 0 Å². The number of aromatic nitrogens is 1. The number of fused-ring (bicyclic) bond motifs is 1. The van der Waals surface area contributed by atoms with Crippen molar-refractivity contribution in [2.24, 2.45) is 5.92 Å². The van der Waals surface area contributed by atoms with Crippen LogP contribution < -0.4 is 10.6 Å². The van der Waals surface area contributed by atoms with Crippen LogP contribution in [-0.4, -0.2) is 24.6 Å². The Hall–Kier alpha value is -1.61. The zero-order valence-corrected chi connectivity index (χ0v) is 10.5. The highest BCUT2D eigenvalue weighted by Gasteiger charge is 2.12. The summed E-state index contributed by atoms with van der Waals surface area (Å²) in [4.78, 5) is 4.38. The molecule has 1 atom stereocenters. The lowest BCUT2D eigenvalue weighted by Gasteiger charge is -2.23. The van der Waals surface area contributed by atoms with Crippen LogP contribution in [0.15, 0.2) is 36.5 Å². The van der Waals surface area contributed by atoms with E-state index in [1.165, 1.54) is 30.5 Å². The van der Waals surface area contributed by atoms with Crippen LogP contribution in [0.25, 0.3) is 10.9 Å². The minimum absolute atomic E-state index is 0.741. The van der Waals surface area contributed by atoms with E-state index < -0.39 is 0 Å². The first-order chi connectivity index (χ1) is 8.93. The van der Waals surface area contributed by atoms with Crippen LogP contribution in [0.3, 0.4) is 0 Å². The maximum atomic E-state index is 4.38. The molecule has 1 aromatic heterocycles. The second kappa shape index (κ2) is 5.36. The number of nitrogens with zero attached hydrogens (tertiary/aromatic N) is 1. The fourth-order valence-electron chi connectivity index (χ4n) is 2.61. The smallest absolute Gasteiger partial charge is 0.0722 e. The van der Waals surface area contributed by atoms with Crippen LogP contribution in [0, 0.1) is 5.92 Å². The minimum Gasteiger partial charge on any atom is -0.384 e. The molecule has 1 aliphatic heterocycles. The maximum Gasteiger partial charge on any atom is 0.0722 e. The number of pyridine rings is 1. The first kappa shape index (κ1) is 11.5. The molecule has 0 saturated carbocycles. The molecule has 0 bridgehead atoms. The Morgan fingerprint density at radius 3 is 3.17 bits per heavy atom. The molecule has 3 nitrogen and oxygen atoms in total. The van der Waals surface area contributed by atoms with E-state index in [4.69, 9.17) is 0 Å². The summed E-state index contributed by atoms with van der Waals surface area (Å²) in [5.74, 6) is 0.741. The zero-order valence-electron chi connectivity index (χ0n) is 10.5. The van der Waals surface area contributed by atoms with Crippen molar-refractivity contribution in [1.82, 2.24) is 10.3 Å². The molecule has 3 rings (SSSR count). The molecule has 0 aliphatic carbocycles. The van der Waals surface area contributed by atoms with Crippen LogP contribution in [-0.2, 0) is 0 Å². The third-order valence-corrected chi connectivity index (χ3v) is 3.63. The summed E-state index contributed by atoms with van der Waals surface area (Å²) in [6.07, 6.45) is 4.46. The lowest BCUT2D eigenvalue weighted by atomic mass is 9.99. The van der Waals surface area contributed by atoms with Gasteiger partial charge in [0.1, 0.15) is 0 Å². The van der Waals surface area contributed by atoms with Gasteiger partial charge in [0.05, 0.1) is 5.52 Å². The number of benzene rings is 1. The Kier molecular flexibility index (Phi) is 3.42. The zero-order chi connectivity index (χ0) is 12.2. The standard InChI is InChI=1S/C15H19N3/c1-6-14-13(5-3-9-17-14)15(7-1)18-11-12-4-2-8-16-10-12/h1,3,5-7,9,12,16,18H,2,4,8,10-11H2. The average Bonchev–Trinajstić information content (AvgIpc) is 2.46. The highest BCUT2D eigenvalue weighted by molar-refractivity contribution is 5.91. The lowest BCUT2D eigenvalue weighted by Crippen LogP contribution is -2.33. The fourth-order valence-corrected chi connectivity index (χ4v) is 2.61. The monoisotopic (exact) mass is 241 g/mol. The number of anilines is 1. The van der Waals surface area contributed by atoms with Crippen LogP contribution in [0.2, 0.25) is 0 Å². The Labute approximate surface area is 108 Å². The SMILES string of the molecule is c1cc(NCC2CCCNC2)c2cccnc2c1. The maximum absolute atomic E-state index is 4.38. The number of hydrogen-bond acceptors (Lipinski definition) is 3. The van der Waals surface area contributed by atoms with Gasteiger partial charge in [0, 0.05) is 23.8 Å². The molecule has 2 N–H and O–H groups in total. The molecule has 1 unspecified atom stereocenters. The second-order valence-corrected chi connectivity index (χ2v) is 4.97. The number of piperidine rings is 1. The van der Waals surface area contributed by atoms with E-state index in [2.05, 4.69) is 39.9 Å². The summed E-state index contributed by atoms with van der Waals surface area (Å²) < 4.78 is 0. The van der Waals surface area contributed by atoms with Crippen LogP contribution >= 0.6 is 0 Å². The normalized spacial score (nSPS) is 19.9. The van der Waals surface area contributed by atoms with Crippen molar-refractivity contribution in [2.45, 2.75) is 12.8 Å². The van der Waals surface area contributed by atoms with E-state index in [1.54, 1.807) is 0 Å². The number of hydrogen-bond donors (Lipinski definition) is 2. The van der Waals surface area contributed by atoms with Gasteiger partial charge >= 0.3 is 0 Å². The second-order valence-electron chi connectivity index (χ2n) is 4.97. The van der Waals surface area contributed by atoms with E-state index >= 15 is 0 Å². The number of rotatable bonds is 3. The Morgan fingerprint density at radius 1 is 1.28 bits per heavy atom. The van der Waals surface area contributed by atoms with Crippen LogP contribution in [0.1, 0.15) is 12.8 Å². The van der Waals surface area contributed by atoms with Crippen LogP contribution in [0.5, 0.6) is 0 Å². The van der Waals surface area contributed by atoms with Crippen molar-refractivity contribution in [3.05, 3.63) is 36.5 Å². The van der Waals surface area contributed by atoms with Crippen LogP contribution in [0.4, 0.5) is 5.69 Å². The molecular formula is C15H19N3. The van der Waals surface area contributed by atoms with E-state index in [9.17, 15) is 0 Å². The van der Waals surface area contributed by atoms with Gasteiger partial charge in [0.2, 0.25) is 0 Å². The third kappa shape index (κ3) is 2.46.